The van der Waals surface area contributed by atoms with Gasteiger partial charge in [0.05, 0.1) is 10.5 Å². The van der Waals surface area contributed by atoms with E-state index in [1.807, 2.05) is 12.3 Å². The second-order valence-electron chi connectivity index (χ2n) is 3.56. The zero-order valence-electron chi connectivity index (χ0n) is 9.24. The van der Waals surface area contributed by atoms with E-state index in [2.05, 4.69) is 59.1 Å². The Labute approximate surface area is 117 Å². The molecule has 90 valence electrons. The number of anilines is 1. The van der Waals surface area contributed by atoms with Gasteiger partial charge in [0.15, 0.2) is 0 Å². The Morgan fingerprint density at radius 1 is 1.41 bits per heavy atom. The normalized spacial score (nSPS) is 12.4. The molecule has 0 aliphatic rings. The van der Waals surface area contributed by atoms with Gasteiger partial charge in [0, 0.05) is 23.1 Å². The van der Waals surface area contributed by atoms with Crippen molar-refractivity contribution in [1.82, 2.24) is 15.0 Å². The van der Waals surface area contributed by atoms with Crippen LogP contribution in [0.2, 0.25) is 0 Å². The van der Waals surface area contributed by atoms with Gasteiger partial charge in [0.25, 0.3) is 0 Å². The molecule has 2 aromatic heterocycles. The van der Waals surface area contributed by atoms with E-state index in [0.717, 1.165) is 27.0 Å². The molecule has 17 heavy (non-hydrogen) atoms. The Morgan fingerprint density at radius 3 is 2.82 bits per heavy atom. The first-order valence-corrected chi connectivity index (χ1v) is 6.86. The van der Waals surface area contributed by atoms with Crippen LogP contribution in [0.5, 0.6) is 0 Å². The van der Waals surface area contributed by atoms with Crippen molar-refractivity contribution in [3.05, 3.63) is 39.4 Å². The molecule has 2 heterocycles. The predicted octanol–water partition coefficient (Wildman–Crippen LogP) is 3.89. The van der Waals surface area contributed by atoms with Crippen LogP contribution in [0.3, 0.4) is 0 Å². The topological polar surface area (TPSA) is 53.6 Å². The molecule has 2 aromatic rings. The summed E-state index contributed by atoms with van der Waals surface area (Å²) in [6, 6.07) is 2.10. The predicted molar refractivity (Wildman–Crippen MR) is 74.9 cm³/mol. The summed E-state index contributed by atoms with van der Waals surface area (Å²) in [5, 5.41) is 3.35. The van der Waals surface area contributed by atoms with Crippen molar-refractivity contribution in [2.45, 2.75) is 19.4 Å². The van der Waals surface area contributed by atoms with Crippen molar-refractivity contribution in [1.29, 1.82) is 0 Å². The van der Waals surface area contributed by atoms with Gasteiger partial charge < -0.3 is 10.3 Å². The highest BCUT2D eigenvalue weighted by Crippen LogP contribution is 2.27. The maximum absolute atomic E-state index is 4.33. The summed E-state index contributed by atoms with van der Waals surface area (Å²) in [6.07, 6.45) is 6.27. The highest BCUT2D eigenvalue weighted by atomic mass is 79.9. The van der Waals surface area contributed by atoms with Crippen LogP contribution >= 0.6 is 31.9 Å². The van der Waals surface area contributed by atoms with Crippen molar-refractivity contribution < 1.29 is 0 Å². The molecular weight excluding hydrogens is 348 g/mol. The van der Waals surface area contributed by atoms with Gasteiger partial charge >= 0.3 is 0 Å². The second kappa shape index (κ2) is 5.64. The maximum Gasteiger partial charge on any atom is 0.140 e. The molecule has 2 rings (SSSR count). The van der Waals surface area contributed by atoms with Crippen molar-refractivity contribution >= 4 is 37.7 Å². The lowest BCUT2D eigenvalue weighted by atomic mass is 10.2. The van der Waals surface area contributed by atoms with E-state index >= 15 is 0 Å². The molecule has 0 bridgehead atoms. The number of aromatic amines is 1. The van der Waals surface area contributed by atoms with Crippen LogP contribution in [0.4, 0.5) is 5.82 Å². The number of pyridine rings is 1. The number of hydrogen-bond donors (Lipinski definition) is 2. The largest absolute Gasteiger partial charge is 0.359 e. The molecule has 0 saturated carbocycles. The molecular formula is C11H12Br2N4. The fraction of sp³-hybridized carbons (Fsp3) is 0.273. The van der Waals surface area contributed by atoms with Crippen molar-refractivity contribution in [3.63, 3.8) is 0 Å². The molecule has 4 nitrogen and oxygen atoms in total. The summed E-state index contributed by atoms with van der Waals surface area (Å²) in [6.45, 7) is 2.10. The standard InChI is InChI=1S/C11H12Br2N4/c1-2-9(11-14-3-4-15-11)17-10-8(13)5-7(12)6-16-10/h3-6,9H,2H2,1H3,(H,14,15)(H,16,17). The first-order chi connectivity index (χ1) is 8.20. The third-order valence-corrected chi connectivity index (χ3v) is 3.41. The number of halogens is 2. The third kappa shape index (κ3) is 3.07. The molecule has 1 atom stereocenters. The smallest absolute Gasteiger partial charge is 0.140 e. The first-order valence-electron chi connectivity index (χ1n) is 5.27. The highest BCUT2D eigenvalue weighted by Gasteiger charge is 2.13. The van der Waals surface area contributed by atoms with E-state index in [4.69, 9.17) is 0 Å². The Hall–Kier alpha value is -0.880. The number of aromatic nitrogens is 3. The Bertz CT molecular complexity index is 484. The maximum atomic E-state index is 4.33. The Morgan fingerprint density at radius 2 is 2.24 bits per heavy atom. The van der Waals surface area contributed by atoms with Gasteiger partial charge in [-0.2, -0.15) is 0 Å². The average molecular weight is 360 g/mol. The fourth-order valence-corrected chi connectivity index (χ4v) is 2.62. The number of hydrogen-bond acceptors (Lipinski definition) is 3. The SMILES string of the molecule is CCC(Nc1ncc(Br)cc1Br)c1ncc[nH]1. The zero-order valence-corrected chi connectivity index (χ0v) is 12.4. The summed E-state index contributed by atoms with van der Waals surface area (Å²) in [5.74, 6) is 1.74. The average Bonchev–Trinajstić information content (AvgIpc) is 2.81. The minimum absolute atomic E-state index is 0.134. The van der Waals surface area contributed by atoms with Crippen LogP contribution in [-0.4, -0.2) is 15.0 Å². The number of nitrogens with zero attached hydrogens (tertiary/aromatic N) is 2. The van der Waals surface area contributed by atoms with Crippen LogP contribution in [0.1, 0.15) is 25.2 Å². The van der Waals surface area contributed by atoms with Gasteiger partial charge in [-0.05, 0) is 44.3 Å². The summed E-state index contributed by atoms with van der Waals surface area (Å²) in [7, 11) is 0. The minimum atomic E-state index is 0.134. The number of rotatable bonds is 4. The van der Waals surface area contributed by atoms with Gasteiger partial charge in [-0.15, -0.1) is 0 Å². The number of H-pyrrole nitrogens is 1. The molecule has 0 aliphatic carbocycles. The van der Waals surface area contributed by atoms with E-state index in [9.17, 15) is 0 Å². The lowest BCUT2D eigenvalue weighted by Gasteiger charge is -2.16. The zero-order chi connectivity index (χ0) is 12.3. The first kappa shape index (κ1) is 12.6. The molecule has 6 heteroatoms. The number of nitrogens with one attached hydrogen (secondary N) is 2. The van der Waals surface area contributed by atoms with Crippen LogP contribution in [-0.2, 0) is 0 Å². The summed E-state index contributed by atoms with van der Waals surface area (Å²) in [4.78, 5) is 11.7. The fourth-order valence-electron chi connectivity index (χ4n) is 1.52. The number of imidazole rings is 1. The van der Waals surface area contributed by atoms with Crippen LogP contribution < -0.4 is 5.32 Å². The minimum Gasteiger partial charge on any atom is -0.359 e. The molecule has 1 unspecified atom stereocenters. The van der Waals surface area contributed by atoms with Crippen LogP contribution in [0.25, 0.3) is 0 Å². The van der Waals surface area contributed by atoms with Gasteiger partial charge in [0.2, 0.25) is 0 Å². The van der Waals surface area contributed by atoms with E-state index in [0.29, 0.717) is 0 Å². The molecule has 0 amide bonds. The van der Waals surface area contributed by atoms with E-state index < -0.39 is 0 Å². The lowest BCUT2D eigenvalue weighted by Crippen LogP contribution is -2.12. The summed E-state index contributed by atoms with van der Waals surface area (Å²) < 4.78 is 1.87. The van der Waals surface area contributed by atoms with Crippen molar-refractivity contribution in [2.75, 3.05) is 5.32 Å². The molecule has 2 N–H and O–H groups in total. The lowest BCUT2D eigenvalue weighted by molar-refractivity contribution is 0.699. The molecule has 0 radical (unpaired) electrons. The monoisotopic (exact) mass is 358 g/mol. The Kier molecular flexibility index (Phi) is 4.17. The van der Waals surface area contributed by atoms with Crippen molar-refractivity contribution in [2.24, 2.45) is 0 Å². The summed E-state index contributed by atoms with van der Waals surface area (Å²) in [5.41, 5.74) is 0. The van der Waals surface area contributed by atoms with Gasteiger partial charge in [-0.1, -0.05) is 6.92 Å². The van der Waals surface area contributed by atoms with E-state index in [1.54, 1.807) is 12.4 Å². The van der Waals surface area contributed by atoms with Gasteiger partial charge in [-0.25, -0.2) is 9.97 Å². The van der Waals surface area contributed by atoms with Gasteiger partial charge in [-0.3, -0.25) is 0 Å². The molecule has 0 aromatic carbocycles. The molecule has 0 spiro atoms. The van der Waals surface area contributed by atoms with Crippen LogP contribution in [0, 0.1) is 0 Å². The van der Waals surface area contributed by atoms with Crippen molar-refractivity contribution in [3.8, 4) is 0 Å². The third-order valence-electron chi connectivity index (χ3n) is 2.38. The Balaban J connectivity index is 2.19. The molecule has 0 aliphatic heterocycles. The van der Waals surface area contributed by atoms with E-state index in [1.165, 1.54) is 0 Å². The summed E-state index contributed by atoms with van der Waals surface area (Å²) >= 11 is 6.86. The highest BCUT2D eigenvalue weighted by molar-refractivity contribution is 9.11. The van der Waals surface area contributed by atoms with E-state index in [-0.39, 0.29) is 6.04 Å². The second-order valence-corrected chi connectivity index (χ2v) is 5.33. The molecule has 0 fully saturated rings. The quantitative estimate of drug-likeness (QED) is 0.870. The van der Waals surface area contributed by atoms with Crippen LogP contribution in [0.15, 0.2) is 33.6 Å². The molecule has 0 saturated heterocycles. The van der Waals surface area contributed by atoms with Gasteiger partial charge in [0.1, 0.15) is 11.6 Å².